The fraction of sp³-hybridized carbons (Fsp3) is 0.500. The maximum Gasteiger partial charge on any atom is 0.266 e. The van der Waals surface area contributed by atoms with Crippen LogP contribution in [0.15, 0.2) is 45.7 Å². The lowest BCUT2D eigenvalue weighted by Crippen LogP contribution is -2.42. The molecule has 7 nitrogen and oxygen atoms in total. The molecule has 4 rings (SSSR count). The van der Waals surface area contributed by atoms with Crippen LogP contribution < -0.4 is 15.0 Å². The van der Waals surface area contributed by atoms with Gasteiger partial charge in [-0.15, -0.1) is 0 Å². The Morgan fingerprint density at radius 3 is 2.47 bits per heavy atom. The molecule has 8 heteroatoms. The van der Waals surface area contributed by atoms with Gasteiger partial charge in [0, 0.05) is 24.6 Å². The summed E-state index contributed by atoms with van der Waals surface area (Å²) in [5, 5.41) is 0.504. The summed E-state index contributed by atoms with van der Waals surface area (Å²) >= 11 is 3.65. The number of hydrogen-bond acceptors (Lipinski definition) is 5. The number of hydrogen-bond donors (Lipinski definition) is 0. The van der Waals surface area contributed by atoms with Gasteiger partial charge in [0.2, 0.25) is 5.91 Å². The summed E-state index contributed by atoms with van der Waals surface area (Å²) < 4.78 is 13.3. The van der Waals surface area contributed by atoms with Gasteiger partial charge in [-0.1, -0.05) is 45.2 Å². The minimum absolute atomic E-state index is 0.0163. The molecule has 1 aromatic heterocycles. The zero-order chi connectivity index (χ0) is 27.4. The van der Waals surface area contributed by atoms with E-state index in [1.54, 1.807) is 37.0 Å². The molecule has 1 heterocycles. The maximum absolute atomic E-state index is 14.1. The Morgan fingerprint density at radius 1 is 1.11 bits per heavy atom. The standard InChI is InChI=1S/C30H38BrN3O4/c1-19(2)15-16-33(29(35)21-11-7-6-8-12-21)20(3)28-32-24-14-10-9-13-23(24)30(36)34(28)25-17-22(37-4)18-26(38-5)27(25)31/h9-10,13-14,17-21H,6-8,11-12,15-16H2,1-5H3. The number of amides is 1. The smallest absolute Gasteiger partial charge is 0.266 e. The topological polar surface area (TPSA) is 73.7 Å². The van der Waals surface area contributed by atoms with Crippen molar-refractivity contribution < 1.29 is 14.3 Å². The van der Waals surface area contributed by atoms with Gasteiger partial charge in [-0.25, -0.2) is 4.98 Å². The zero-order valence-corrected chi connectivity index (χ0v) is 24.6. The van der Waals surface area contributed by atoms with Crippen LogP contribution in [0.3, 0.4) is 0 Å². The van der Waals surface area contributed by atoms with Crippen molar-refractivity contribution in [2.45, 2.75) is 65.3 Å². The maximum atomic E-state index is 14.1. The number of ether oxygens (including phenoxy) is 2. The van der Waals surface area contributed by atoms with E-state index < -0.39 is 6.04 Å². The molecule has 1 unspecified atom stereocenters. The molecule has 38 heavy (non-hydrogen) atoms. The highest BCUT2D eigenvalue weighted by molar-refractivity contribution is 9.10. The van der Waals surface area contributed by atoms with E-state index in [1.165, 1.54) is 6.42 Å². The number of benzene rings is 2. The molecule has 1 atom stereocenters. The Morgan fingerprint density at radius 2 is 1.82 bits per heavy atom. The molecule has 0 aliphatic heterocycles. The number of halogens is 1. The quantitative estimate of drug-likeness (QED) is 0.281. The number of aromatic nitrogens is 2. The molecule has 204 valence electrons. The molecular formula is C30H38BrN3O4. The first-order chi connectivity index (χ1) is 18.3. The lowest BCUT2D eigenvalue weighted by molar-refractivity contribution is -0.139. The second-order valence-electron chi connectivity index (χ2n) is 10.5. The fourth-order valence-electron chi connectivity index (χ4n) is 5.27. The van der Waals surface area contributed by atoms with Crippen LogP contribution in [0, 0.1) is 11.8 Å². The van der Waals surface area contributed by atoms with E-state index in [-0.39, 0.29) is 17.4 Å². The van der Waals surface area contributed by atoms with Gasteiger partial charge in [0.15, 0.2) is 0 Å². The van der Waals surface area contributed by atoms with Crippen LogP contribution in [-0.2, 0) is 4.79 Å². The van der Waals surface area contributed by atoms with E-state index in [0.717, 1.165) is 32.1 Å². The summed E-state index contributed by atoms with van der Waals surface area (Å²) in [5.74, 6) is 2.21. The van der Waals surface area contributed by atoms with Gasteiger partial charge in [0.05, 0.1) is 41.3 Å². The first-order valence-electron chi connectivity index (χ1n) is 13.5. The summed E-state index contributed by atoms with van der Waals surface area (Å²) in [7, 11) is 3.15. The van der Waals surface area contributed by atoms with Crippen molar-refractivity contribution in [2.24, 2.45) is 11.8 Å². The van der Waals surface area contributed by atoms with Crippen LogP contribution in [0.25, 0.3) is 16.6 Å². The number of nitrogens with zero attached hydrogens (tertiary/aromatic N) is 3. The molecule has 1 fully saturated rings. The van der Waals surface area contributed by atoms with Gasteiger partial charge in [0.1, 0.15) is 17.3 Å². The molecule has 1 aliphatic rings. The largest absolute Gasteiger partial charge is 0.497 e. The first kappa shape index (κ1) is 28.1. The van der Waals surface area contributed by atoms with Gasteiger partial charge in [-0.3, -0.25) is 14.2 Å². The number of rotatable bonds is 9. The first-order valence-corrected chi connectivity index (χ1v) is 14.3. The lowest BCUT2D eigenvalue weighted by Gasteiger charge is -2.35. The predicted molar refractivity (Wildman–Crippen MR) is 154 cm³/mol. The molecule has 1 saturated carbocycles. The molecule has 0 N–H and O–H groups in total. The number of para-hydroxylation sites is 1. The highest BCUT2D eigenvalue weighted by atomic mass is 79.9. The van der Waals surface area contributed by atoms with E-state index in [0.29, 0.717) is 50.8 Å². The predicted octanol–water partition coefficient (Wildman–Crippen LogP) is 6.68. The van der Waals surface area contributed by atoms with Crippen LogP contribution in [-0.4, -0.2) is 41.1 Å². The molecule has 1 amide bonds. The van der Waals surface area contributed by atoms with Crippen molar-refractivity contribution in [1.82, 2.24) is 14.5 Å². The van der Waals surface area contributed by atoms with Crippen molar-refractivity contribution in [2.75, 3.05) is 20.8 Å². The third kappa shape index (κ3) is 5.75. The minimum atomic E-state index is -0.426. The van der Waals surface area contributed by atoms with E-state index >= 15 is 0 Å². The number of fused-ring (bicyclic) bond motifs is 1. The van der Waals surface area contributed by atoms with Crippen LogP contribution in [0.2, 0.25) is 0 Å². The second kappa shape index (κ2) is 12.3. The average molecular weight is 585 g/mol. The number of carbonyl (C=O) groups excluding carboxylic acids is 1. The summed E-state index contributed by atoms with van der Waals surface area (Å²) in [4.78, 5) is 35.0. The van der Waals surface area contributed by atoms with Crippen molar-refractivity contribution in [3.8, 4) is 17.2 Å². The SMILES string of the molecule is COc1cc(OC)c(Br)c(-n2c(C(C)N(CCC(C)C)C(=O)C3CCCCC3)nc3ccccc3c2=O)c1. The van der Waals surface area contributed by atoms with Gasteiger partial charge < -0.3 is 14.4 Å². The monoisotopic (exact) mass is 583 g/mol. The summed E-state index contributed by atoms with van der Waals surface area (Å²) in [6, 6.07) is 10.5. The molecule has 0 saturated heterocycles. The molecule has 0 radical (unpaired) electrons. The van der Waals surface area contributed by atoms with Gasteiger partial charge in [-0.05, 0) is 60.2 Å². The minimum Gasteiger partial charge on any atom is -0.497 e. The molecule has 0 spiro atoms. The Kier molecular flexibility index (Phi) is 9.13. The number of methoxy groups -OCH3 is 2. The number of carbonyl (C=O) groups is 1. The van der Waals surface area contributed by atoms with Crippen molar-refractivity contribution >= 4 is 32.7 Å². The highest BCUT2D eigenvalue weighted by Crippen LogP contribution is 2.37. The van der Waals surface area contributed by atoms with E-state index in [1.807, 2.05) is 30.0 Å². The molecule has 0 bridgehead atoms. The van der Waals surface area contributed by atoms with Crippen LogP contribution in [0.1, 0.15) is 71.2 Å². The second-order valence-corrected chi connectivity index (χ2v) is 11.3. The zero-order valence-electron chi connectivity index (χ0n) is 23.0. The normalized spacial score (nSPS) is 15.0. The summed E-state index contributed by atoms with van der Waals surface area (Å²) in [6.07, 6.45) is 6.05. The van der Waals surface area contributed by atoms with Crippen molar-refractivity contribution in [3.63, 3.8) is 0 Å². The van der Waals surface area contributed by atoms with E-state index in [2.05, 4.69) is 29.8 Å². The average Bonchev–Trinajstić information content (AvgIpc) is 2.93. The van der Waals surface area contributed by atoms with Crippen molar-refractivity contribution in [3.05, 3.63) is 57.0 Å². The van der Waals surface area contributed by atoms with Gasteiger partial charge >= 0.3 is 0 Å². The lowest BCUT2D eigenvalue weighted by atomic mass is 9.87. The Labute approximate surface area is 233 Å². The van der Waals surface area contributed by atoms with Crippen molar-refractivity contribution in [1.29, 1.82) is 0 Å². The van der Waals surface area contributed by atoms with Crippen LogP contribution in [0.5, 0.6) is 11.5 Å². The summed E-state index contributed by atoms with van der Waals surface area (Å²) in [5.41, 5.74) is 0.957. The fourth-order valence-corrected chi connectivity index (χ4v) is 5.83. The highest BCUT2D eigenvalue weighted by Gasteiger charge is 2.32. The van der Waals surface area contributed by atoms with Gasteiger partial charge in [-0.2, -0.15) is 0 Å². The third-order valence-electron chi connectivity index (χ3n) is 7.52. The summed E-state index contributed by atoms with van der Waals surface area (Å²) in [6.45, 7) is 6.93. The molecular weight excluding hydrogens is 546 g/mol. The van der Waals surface area contributed by atoms with E-state index in [4.69, 9.17) is 14.5 Å². The third-order valence-corrected chi connectivity index (χ3v) is 8.31. The van der Waals surface area contributed by atoms with Crippen LogP contribution in [0.4, 0.5) is 0 Å². The molecule has 3 aromatic rings. The Hall–Kier alpha value is -2.87. The molecule has 2 aromatic carbocycles. The Bertz CT molecular complexity index is 1350. The molecule has 1 aliphatic carbocycles. The van der Waals surface area contributed by atoms with E-state index in [9.17, 15) is 9.59 Å². The van der Waals surface area contributed by atoms with Crippen LogP contribution >= 0.6 is 15.9 Å². The van der Waals surface area contributed by atoms with Gasteiger partial charge in [0.25, 0.3) is 5.56 Å². The Balaban J connectivity index is 1.93.